The Hall–Kier alpha value is -10.5. The molecule has 1 radical (unpaired) electrons. The number of hydrogen-bond donors (Lipinski definition) is 2. The Morgan fingerprint density at radius 1 is 0.255 bits per heavy atom. The second-order valence-corrected chi connectivity index (χ2v) is 18.9. The Labute approximate surface area is 530 Å². The van der Waals surface area contributed by atoms with Gasteiger partial charge in [-0.1, -0.05) is 23.2 Å². The molecule has 3 aromatic heterocycles. The van der Waals surface area contributed by atoms with E-state index < -0.39 is 144 Å². The minimum atomic E-state index is -7.22. The van der Waals surface area contributed by atoms with Gasteiger partial charge in [0.1, 0.15) is 52.7 Å². The van der Waals surface area contributed by atoms with Gasteiger partial charge in [-0.05, 0) is 42.5 Å². The molecule has 13 rings (SSSR count). The van der Waals surface area contributed by atoms with Gasteiger partial charge in [-0.3, -0.25) is 0 Å². The SMILES string of the molecule is Fc1c(F)c(F)c([B-](c2c(F)c(F)c(F)c(F)c2F)(c2c(F)c(F)c(F)c(F)c2F)c2c(F)c(F)c(F)c(F)c2F)c(F)c1F.[Mn+2].[c-]1c2ccc(cc3nc(cc4nc(cc5ccc1[nH]5)C=C4)C=C3)[nH]2.[c-]1ccccc1.[c-]1ccccc1.[c-]1ccccc1.[c-]1ccccc1. The minimum Gasteiger partial charge on any atom is -0.379 e. The van der Waals surface area contributed by atoms with Crippen molar-refractivity contribution < 1.29 is 105 Å². The maximum atomic E-state index is 15.4. The average Bonchev–Trinajstić information content (AvgIpc) is 0.781. The van der Waals surface area contributed by atoms with E-state index >= 15 is 35.1 Å². The van der Waals surface area contributed by atoms with Gasteiger partial charge in [0.05, 0.1) is 22.8 Å². The van der Waals surface area contributed by atoms with Gasteiger partial charge < -0.3 is 9.97 Å². The number of fused-ring (bicyclic) bond motifs is 8. The molecule has 0 fully saturated rings. The number of aromatic amines is 2. The first-order valence-electron chi connectivity index (χ1n) is 26.3. The average molecular weight is 1350 g/mol. The number of hydrogen-bond acceptors (Lipinski definition) is 2. The Bertz CT molecular complexity index is 3990. The van der Waals surface area contributed by atoms with Gasteiger partial charge in [-0.2, -0.15) is 146 Å². The van der Waals surface area contributed by atoms with E-state index in [1.165, 1.54) is 0 Å². The molecule has 11 aromatic rings. The molecule has 479 valence electrons. The first-order valence-corrected chi connectivity index (χ1v) is 26.3. The zero-order valence-corrected chi connectivity index (χ0v) is 48.0. The first kappa shape index (κ1) is 71.0. The van der Waals surface area contributed by atoms with Crippen molar-refractivity contribution in [2.45, 2.75) is 0 Å². The summed E-state index contributed by atoms with van der Waals surface area (Å²) in [5.41, 5.74) is -6.83. The van der Waals surface area contributed by atoms with Crippen molar-refractivity contribution in [3.05, 3.63) is 333 Å². The predicted octanol–water partition coefficient (Wildman–Crippen LogP) is 16.2. The summed E-state index contributed by atoms with van der Waals surface area (Å²) < 4.78 is 294. The van der Waals surface area contributed by atoms with Crippen LogP contribution in [0.1, 0.15) is 22.8 Å². The minimum absolute atomic E-state index is 0. The second-order valence-electron chi connectivity index (χ2n) is 18.9. The monoisotopic (exact) mass is 1350 g/mol. The van der Waals surface area contributed by atoms with Crippen LogP contribution >= 0.6 is 0 Å². The molecule has 94 heavy (non-hydrogen) atoms. The summed E-state index contributed by atoms with van der Waals surface area (Å²) in [4.78, 5) is 15.9. The van der Waals surface area contributed by atoms with Crippen LogP contribution in [-0.4, -0.2) is 26.1 Å². The fraction of sp³-hybridized carbons (Fsp3) is 0. The van der Waals surface area contributed by atoms with Crippen LogP contribution in [0, 0.1) is 147 Å². The number of H-pyrrole nitrogens is 2. The van der Waals surface area contributed by atoms with Crippen molar-refractivity contribution in [2.24, 2.45) is 0 Å². The van der Waals surface area contributed by atoms with E-state index in [9.17, 15) is 52.7 Å². The number of benzene rings is 8. The van der Waals surface area contributed by atoms with Gasteiger partial charge in [0.15, 0.2) is 69.8 Å². The standard InChI is InChI=1S/C24BF20.C20H13N4.4C6H5.Mn/c26-5-1(6(27)14(35)21(42)13(5)34)25(2-7(28)15(36)22(43)16(37)8(2)29,3-9(30)17(38)23(44)18(39)10(3)31)4-11(32)19(40)24(45)20(41)12(4)33;1-2-14-10-16-5-6-18(23-16)12-20-8-7-19(24-20)11-17-4-3-15(22-17)9-13(1)21-14;4*1-2-4-6-5-3-1;/h;1-11,23-24H;4*1-5H;/q6*-1;+2. The van der Waals surface area contributed by atoms with Gasteiger partial charge in [0.2, 0.25) is 0 Å². The van der Waals surface area contributed by atoms with Crippen LogP contribution in [0.2, 0.25) is 0 Å². The van der Waals surface area contributed by atoms with E-state index in [-0.39, 0.29) is 17.1 Å². The van der Waals surface area contributed by atoms with E-state index in [4.69, 9.17) is 0 Å². The molecule has 2 N–H and O–H groups in total. The molecule has 5 heterocycles. The zero-order chi connectivity index (χ0) is 67.3. The quantitative estimate of drug-likeness (QED) is 0.0607. The molecule has 8 aromatic carbocycles. The van der Waals surface area contributed by atoms with E-state index in [0.29, 0.717) is 0 Å². The van der Waals surface area contributed by atoms with Crippen LogP contribution < -0.4 is 21.9 Å². The van der Waals surface area contributed by atoms with Gasteiger partial charge in [-0.15, -0.1) is 40.1 Å². The van der Waals surface area contributed by atoms with Gasteiger partial charge >= 0.3 is 17.1 Å². The number of aromatic nitrogens is 4. The number of nitrogens with one attached hydrogen (secondary N) is 2. The summed E-state index contributed by atoms with van der Waals surface area (Å²) in [5.74, 6) is -71.4. The summed E-state index contributed by atoms with van der Waals surface area (Å²) >= 11 is 0. The van der Waals surface area contributed by atoms with Crippen LogP contribution in [-0.2, 0) is 17.1 Å². The normalized spacial score (nSPS) is 11.0. The Balaban J connectivity index is 0.000000207. The molecule has 2 aliphatic rings. The summed E-state index contributed by atoms with van der Waals surface area (Å²) in [7, 11) is 0. The largest absolute Gasteiger partial charge is 2.00 e. The smallest absolute Gasteiger partial charge is 0.379 e. The number of rotatable bonds is 4. The number of halogens is 20. The molecule has 0 unspecified atom stereocenters. The second kappa shape index (κ2) is 31.7. The Kier molecular flexibility index (Phi) is 24.0. The summed E-state index contributed by atoms with van der Waals surface area (Å²) in [6, 6.07) is 67.4. The fourth-order valence-electron chi connectivity index (χ4n) is 9.11. The van der Waals surface area contributed by atoms with Crippen LogP contribution in [0.15, 0.2) is 164 Å². The maximum Gasteiger partial charge on any atom is 2.00 e. The van der Waals surface area contributed by atoms with Gasteiger partial charge in [-0.25, -0.2) is 97.8 Å². The van der Waals surface area contributed by atoms with Crippen molar-refractivity contribution in [2.75, 3.05) is 0 Å². The Morgan fingerprint density at radius 2 is 0.457 bits per heavy atom. The van der Waals surface area contributed by atoms with E-state index in [0.717, 1.165) is 44.8 Å². The molecule has 0 aliphatic carbocycles. The van der Waals surface area contributed by atoms with Crippen LogP contribution in [0.5, 0.6) is 0 Å². The Morgan fingerprint density at radius 3 is 0.649 bits per heavy atom. The molecular formula is C68H33BF20MnN4-4. The number of nitrogens with zero attached hydrogens (tertiary/aromatic N) is 2. The van der Waals surface area contributed by atoms with Crippen molar-refractivity contribution in [3.63, 3.8) is 0 Å². The zero-order valence-electron chi connectivity index (χ0n) is 46.8. The van der Waals surface area contributed by atoms with E-state index in [1.807, 2.05) is 188 Å². The molecule has 0 spiro atoms. The molecule has 8 bridgehead atoms. The fourth-order valence-corrected chi connectivity index (χ4v) is 9.11. The van der Waals surface area contributed by atoms with Crippen LogP contribution in [0.4, 0.5) is 87.8 Å². The summed E-state index contributed by atoms with van der Waals surface area (Å²) in [6.45, 7) is 0. The van der Waals surface area contributed by atoms with E-state index in [1.54, 1.807) is 0 Å². The van der Waals surface area contributed by atoms with Gasteiger partial charge in [0.25, 0.3) is 0 Å². The molecular weight excluding hydrogens is 1320 g/mol. The van der Waals surface area contributed by atoms with Gasteiger partial charge in [0, 0.05) is 11.0 Å². The third kappa shape index (κ3) is 15.4. The van der Waals surface area contributed by atoms with Crippen molar-refractivity contribution >= 4 is 74.4 Å². The summed E-state index contributed by atoms with van der Waals surface area (Å²) in [5, 5.41) is 0. The first-order chi connectivity index (χ1) is 44.5. The van der Waals surface area contributed by atoms with Crippen LogP contribution in [0.25, 0.3) is 46.4 Å². The van der Waals surface area contributed by atoms with Crippen molar-refractivity contribution in [3.8, 4) is 0 Å². The molecule has 0 saturated heterocycles. The third-order valence-electron chi connectivity index (χ3n) is 13.1. The molecule has 0 atom stereocenters. The van der Waals surface area contributed by atoms with Crippen LogP contribution in [0.3, 0.4) is 0 Å². The molecule has 2 aliphatic heterocycles. The van der Waals surface area contributed by atoms with Crippen molar-refractivity contribution in [1.29, 1.82) is 0 Å². The molecule has 26 heteroatoms. The molecule has 0 amide bonds. The van der Waals surface area contributed by atoms with Crippen molar-refractivity contribution in [1.82, 2.24) is 19.9 Å². The summed E-state index contributed by atoms with van der Waals surface area (Å²) in [6.07, 6.45) is 0.794. The predicted molar refractivity (Wildman–Crippen MR) is 308 cm³/mol. The third-order valence-corrected chi connectivity index (χ3v) is 13.1. The van der Waals surface area contributed by atoms with E-state index in [2.05, 4.69) is 50.3 Å². The maximum absolute atomic E-state index is 15.4. The molecule has 0 saturated carbocycles. The molecule has 4 nitrogen and oxygen atoms in total. The topological polar surface area (TPSA) is 57.4 Å².